The zero-order valence-electron chi connectivity index (χ0n) is 15.6. The SMILES string of the molecule is CCOc1ccc(C(NC(=O)C2CNCCO2)C(C)C)cc1OCC. The molecule has 1 aliphatic heterocycles. The Morgan fingerprint density at radius 3 is 2.60 bits per heavy atom. The van der Waals surface area contributed by atoms with Gasteiger partial charge in [-0.1, -0.05) is 19.9 Å². The highest BCUT2D eigenvalue weighted by molar-refractivity contribution is 5.81. The molecule has 2 N–H and O–H groups in total. The molecule has 25 heavy (non-hydrogen) atoms. The van der Waals surface area contributed by atoms with Crippen LogP contribution >= 0.6 is 0 Å². The first-order valence-electron chi connectivity index (χ1n) is 9.09. The lowest BCUT2D eigenvalue weighted by atomic mass is 9.95. The second-order valence-electron chi connectivity index (χ2n) is 6.37. The summed E-state index contributed by atoms with van der Waals surface area (Å²) in [5.41, 5.74) is 0.999. The highest BCUT2D eigenvalue weighted by Crippen LogP contribution is 2.33. The van der Waals surface area contributed by atoms with Gasteiger partial charge in [0.05, 0.1) is 25.9 Å². The summed E-state index contributed by atoms with van der Waals surface area (Å²) in [6, 6.07) is 5.73. The van der Waals surface area contributed by atoms with Gasteiger partial charge in [0.1, 0.15) is 6.10 Å². The monoisotopic (exact) mass is 350 g/mol. The molecular weight excluding hydrogens is 320 g/mol. The molecule has 0 spiro atoms. The average Bonchev–Trinajstić information content (AvgIpc) is 2.62. The summed E-state index contributed by atoms with van der Waals surface area (Å²) in [5.74, 6) is 1.57. The number of hydrogen-bond donors (Lipinski definition) is 2. The summed E-state index contributed by atoms with van der Waals surface area (Å²) in [6.07, 6.45) is -0.441. The van der Waals surface area contributed by atoms with Crippen molar-refractivity contribution >= 4 is 5.91 Å². The lowest BCUT2D eigenvalue weighted by molar-refractivity contribution is -0.135. The van der Waals surface area contributed by atoms with E-state index >= 15 is 0 Å². The van der Waals surface area contributed by atoms with Gasteiger partial charge in [-0.25, -0.2) is 0 Å². The van der Waals surface area contributed by atoms with Gasteiger partial charge in [-0.2, -0.15) is 0 Å². The Bertz CT molecular complexity index is 556. The quantitative estimate of drug-likeness (QED) is 0.753. The van der Waals surface area contributed by atoms with Gasteiger partial charge in [-0.3, -0.25) is 4.79 Å². The zero-order valence-corrected chi connectivity index (χ0v) is 15.6. The van der Waals surface area contributed by atoms with Crippen molar-refractivity contribution in [3.8, 4) is 11.5 Å². The van der Waals surface area contributed by atoms with Crippen LogP contribution < -0.4 is 20.1 Å². The van der Waals surface area contributed by atoms with E-state index in [9.17, 15) is 4.79 Å². The Labute approximate surface area is 150 Å². The van der Waals surface area contributed by atoms with E-state index in [1.165, 1.54) is 0 Å². The summed E-state index contributed by atoms with van der Waals surface area (Å²) < 4.78 is 16.9. The molecule has 2 unspecified atom stereocenters. The smallest absolute Gasteiger partial charge is 0.250 e. The van der Waals surface area contributed by atoms with Crippen LogP contribution in [0.3, 0.4) is 0 Å². The van der Waals surface area contributed by atoms with Crippen LogP contribution in [-0.2, 0) is 9.53 Å². The molecule has 0 aromatic heterocycles. The minimum atomic E-state index is -0.441. The van der Waals surface area contributed by atoms with E-state index in [-0.39, 0.29) is 17.9 Å². The van der Waals surface area contributed by atoms with E-state index in [2.05, 4.69) is 24.5 Å². The predicted octanol–water partition coefficient (Wildman–Crippen LogP) is 2.29. The third-order valence-corrected chi connectivity index (χ3v) is 4.11. The van der Waals surface area contributed by atoms with Gasteiger partial charge in [0.2, 0.25) is 0 Å². The van der Waals surface area contributed by atoms with Gasteiger partial charge >= 0.3 is 0 Å². The number of benzene rings is 1. The fraction of sp³-hybridized carbons (Fsp3) is 0.632. The van der Waals surface area contributed by atoms with Gasteiger partial charge < -0.3 is 24.8 Å². The number of ether oxygens (including phenoxy) is 3. The van der Waals surface area contributed by atoms with Crippen LogP contribution in [0.25, 0.3) is 0 Å². The number of nitrogens with one attached hydrogen (secondary N) is 2. The van der Waals surface area contributed by atoms with Crippen molar-refractivity contribution in [1.82, 2.24) is 10.6 Å². The second-order valence-corrected chi connectivity index (χ2v) is 6.37. The van der Waals surface area contributed by atoms with Crippen molar-refractivity contribution in [2.24, 2.45) is 5.92 Å². The zero-order chi connectivity index (χ0) is 18.2. The van der Waals surface area contributed by atoms with Gasteiger partial charge in [0.15, 0.2) is 11.5 Å². The van der Waals surface area contributed by atoms with E-state index in [4.69, 9.17) is 14.2 Å². The van der Waals surface area contributed by atoms with Gasteiger partial charge in [0, 0.05) is 13.1 Å². The van der Waals surface area contributed by atoms with E-state index in [0.29, 0.717) is 32.1 Å². The molecule has 6 nitrogen and oxygen atoms in total. The molecule has 140 valence electrons. The maximum atomic E-state index is 12.5. The van der Waals surface area contributed by atoms with E-state index in [1.54, 1.807) is 0 Å². The molecule has 0 saturated carbocycles. The fourth-order valence-electron chi connectivity index (χ4n) is 2.88. The molecule has 0 aliphatic carbocycles. The molecule has 1 saturated heterocycles. The Balaban J connectivity index is 2.18. The largest absolute Gasteiger partial charge is 0.490 e. The van der Waals surface area contributed by atoms with Crippen molar-refractivity contribution in [2.45, 2.75) is 39.8 Å². The lowest BCUT2D eigenvalue weighted by Crippen LogP contribution is -2.49. The number of rotatable bonds is 8. The van der Waals surface area contributed by atoms with Crippen molar-refractivity contribution < 1.29 is 19.0 Å². The van der Waals surface area contributed by atoms with Crippen molar-refractivity contribution in [3.63, 3.8) is 0 Å². The Hall–Kier alpha value is -1.79. The maximum Gasteiger partial charge on any atom is 0.250 e. The second kappa shape index (κ2) is 9.63. The first kappa shape index (κ1) is 19.5. The first-order valence-corrected chi connectivity index (χ1v) is 9.09. The standard InChI is InChI=1S/C19H30N2O4/c1-5-23-15-8-7-14(11-16(15)24-6-2)18(13(3)4)21-19(22)17-12-20-9-10-25-17/h7-8,11,13,17-18,20H,5-6,9-10,12H2,1-4H3,(H,21,22). The van der Waals surface area contributed by atoms with E-state index in [1.807, 2.05) is 32.0 Å². The average molecular weight is 350 g/mol. The lowest BCUT2D eigenvalue weighted by Gasteiger charge is -2.28. The summed E-state index contributed by atoms with van der Waals surface area (Å²) in [5, 5.41) is 6.31. The molecule has 1 aromatic rings. The van der Waals surface area contributed by atoms with Crippen molar-refractivity contribution in [3.05, 3.63) is 23.8 Å². The first-order chi connectivity index (χ1) is 12.1. The van der Waals surface area contributed by atoms with Crippen molar-refractivity contribution in [1.29, 1.82) is 0 Å². The number of morpholine rings is 1. The Morgan fingerprint density at radius 1 is 1.28 bits per heavy atom. The van der Waals surface area contributed by atoms with Crippen LogP contribution in [0.15, 0.2) is 18.2 Å². The molecular formula is C19H30N2O4. The molecule has 1 aliphatic rings. The third-order valence-electron chi connectivity index (χ3n) is 4.11. The van der Waals surface area contributed by atoms with Crippen LogP contribution in [-0.4, -0.2) is 44.9 Å². The van der Waals surface area contributed by atoms with Crippen LogP contribution in [0, 0.1) is 5.92 Å². The van der Waals surface area contributed by atoms with Gasteiger partial charge in [0.25, 0.3) is 5.91 Å². The topological polar surface area (TPSA) is 68.8 Å². The number of carbonyl (C=O) groups excluding carboxylic acids is 1. The molecule has 1 amide bonds. The minimum absolute atomic E-state index is 0.0854. The molecule has 0 bridgehead atoms. The molecule has 6 heteroatoms. The summed E-state index contributed by atoms with van der Waals surface area (Å²) in [4.78, 5) is 12.5. The predicted molar refractivity (Wildman–Crippen MR) is 97.1 cm³/mol. The van der Waals surface area contributed by atoms with Gasteiger partial charge in [-0.15, -0.1) is 0 Å². The minimum Gasteiger partial charge on any atom is -0.490 e. The fourth-order valence-corrected chi connectivity index (χ4v) is 2.88. The van der Waals surface area contributed by atoms with Crippen molar-refractivity contribution in [2.75, 3.05) is 32.9 Å². The van der Waals surface area contributed by atoms with Gasteiger partial charge in [-0.05, 0) is 37.5 Å². The van der Waals surface area contributed by atoms with E-state index < -0.39 is 6.10 Å². The molecule has 2 rings (SSSR count). The molecule has 0 radical (unpaired) electrons. The molecule has 1 heterocycles. The van der Waals surface area contributed by atoms with Crippen LogP contribution in [0.4, 0.5) is 0 Å². The highest BCUT2D eigenvalue weighted by Gasteiger charge is 2.26. The normalized spacial score (nSPS) is 18.7. The summed E-state index contributed by atoms with van der Waals surface area (Å²) in [6.45, 7) is 11.1. The number of amides is 1. The van der Waals surface area contributed by atoms with Crippen LogP contribution in [0.2, 0.25) is 0 Å². The number of hydrogen-bond acceptors (Lipinski definition) is 5. The summed E-state index contributed by atoms with van der Waals surface area (Å²) >= 11 is 0. The van der Waals surface area contributed by atoms with E-state index in [0.717, 1.165) is 17.9 Å². The summed E-state index contributed by atoms with van der Waals surface area (Å²) in [7, 11) is 0. The molecule has 2 atom stereocenters. The molecule has 1 fully saturated rings. The molecule has 1 aromatic carbocycles. The Kier molecular flexibility index (Phi) is 7.52. The maximum absolute atomic E-state index is 12.5. The van der Waals surface area contributed by atoms with Crippen LogP contribution in [0.5, 0.6) is 11.5 Å². The Morgan fingerprint density at radius 2 is 2.00 bits per heavy atom. The highest BCUT2D eigenvalue weighted by atomic mass is 16.5. The number of carbonyl (C=O) groups is 1. The van der Waals surface area contributed by atoms with Crippen LogP contribution in [0.1, 0.15) is 39.3 Å². The third kappa shape index (κ3) is 5.34.